The summed E-state index contributed by atoms with van der Waals surface area (Å²) in [6.07, 6.45) is 2.27. The molecule has 0 aromatic heterocycles. The molecule has 2 nitrogen and oxygen atoms in total. The minimum atomic E-state index is -2.19. The van der Waals surface area contributed by atoms with Crippen LogP contribution in [-0.2, 0) is 4.79 Å². The predicted molar refractivity (Wildman–Crippen MR) is 97.4 cm³/mol. The summed E-state index contributed by atoms with van der Waals surface area (Å²) in [6, 6.07) is 5.44. The molecule has 0 heterocycles. The molecule has 21 heavy (non-hydrogen) atoms. The third-order valence-corrected chi connectivity index (χ3v) is 42.1. The van der Waals surface area contributed by atoms with Gasteiger partial charge in [-0.2, -0.15) is 0 Å². The molecule has 5 heteroatoms. The Labute approximate surface area is 141 Å². The van der Waals surface area contributed by atoms with Crippen molar-refractivity contribution in [1.29, 1.82) is 0 Å². The third kappa shape index (κ3) is 6.14. The van der Waals surface area contributed by atoms with Crippen molar-refractivity contribution in [3.8, 4) is 5.75 Å². The summed E-state index contributed by atoms with van der Waals surface area (Å²) in [5, 5.41) is 0.671. The second kappa shape index (κ2) is 7.26. The number of hydrogen-bond acceptors (Lipinski definition) is 2. The van der Waals surface area contributed by atoms with Crippen LogP contribution >= 0.6 is 11.6 Å². The number of benzene rings is 1. The van der Waals surface area contributed by atoms with Crippen LogP contribution in [0.1, 0.15) is 12.5 Å². The second-order valence-electron chi connectivity index (χ2n) is 7.33. The predicted octanol–water partition coefficient (Wildman–Crippen LogP) is 5.40. The van der Waals surface area contributed by atoms with Crippen LogP contribution in [0.3, 0.4) is 0 Å². The van der Waals surface area contributed by atoms with Crippen molar-refractivity contribution in [3.05, 3.63) is 30.4 Å². The van der Waals surface area contributed by atoms with Crippen LogP contribution in [-0.4, -0.2) is 42.7 Å². The Morgan fingerprint density at radius 3 is 2.05 bits per heavy atom. The molecule has 0 bridgehead atoms. The van der Waals surface area contributed by atoms with Gasteiger partial charge in [-0.25, -0.2) is 0 Å². The molecule has 0 atom stereocenters. The first-order chi connectivity index (χ1) is 9.41. The quantitative estimate of drug-likeness (QED) is 0.301. The number of esters is 1. The first-order valence-corrected chi connectivity index (χ1v) is 27.5. The van der Waals surface area contributed by atoms with Crippen LogP contribution in [0.4, 0.5) is 0 Å². The van der Waals surface area contributed by atoms with Crippen molar-refractivity contribution in [2.24, 2.45) is 0 Å². The molecule has 1 aromatic carbocycles. The molecule has 1 aromatic rings. The number of hydrogen-bond donors (Lipinski definition) is 0. The number of ether oxygens (including phenoxy) is 1. The molecule has 0 spiro atoms. The maximum absolute atomic E-state index is 11.3. The van der Waals surface area contributed by atoms with E-state index in [0.29, 0.717) is 10.8 Å². The summed E-state index contributed by atoms with van der Waals surface area (Å²) >= 11 is 1.75. The van der Waals surface area contributed by atoms with Crippen molar-refractivity contribution in [2.45, 2.75) is 36.6 Å². The van der Waals surface area contributed by atoms with Gasteiger partial charge in [0.15, 0.2) is 0 Å². The van der Waals surface area contributed by atoms with E-state index in [4.69, 9.17) is 16.3 Å². The van der Waals surface area contributed by atoms with E-state index in [1.165, 1.54) is 6.92 Å². The maximum atomic E-state index is 11.3. The summed E-state index contributed by atoms with van der Waals surface area (Å²) < 4.78 is 7.02. The molecule has 0 unspecified atom stereocenters. The molecule has 116 valence electrons. The minimum absolute atomic E-state index is 0.299. The molecular weight excluding hydrogens is 497 g/mol. The summed E-state index contributed by atoms with van der Waals surface area (Å²) in [6.45, 7) is 1.43. The average molecular weight is 522 g/mol. The van der Waals surface area contributed by atoms with Crippen LogP contribution in [0, 0.1) is 0 Å². The summed E-state index contributed by atoms with van der Waals surface area (Å²) in [5.41, 5.74) is 0.936. The van der Waals surface area contributed by atoms with Gasteiger partial charge in [-0.3, -0.25) is 0 Å². The van der Waals surface area contributed by atoms with Gasteiger partial charge in [0, 0.05) is 0 Å². The Hall–Kier alpha value is 0.317. The first kappa shape index (κ1) is 19.4. The van der Waals surface area contributed by atoms with Crippen LogP contribution in [0.15, 0.2) is 19.8 Å². The Morgan fingerprint density at radius 1 is 1.10 bits per heavy atom. The van der Waals surface area contributed by atoms with Gasteiger partial charge in [0.2, 0.25) is 0 Å². The molecule has 0 amide bonds. The zero-order valence-corrected chi connectivity index (χ0v) is 20.5. The topological polar surface area (TPSA) is 26.3 Å². The molecule has 0 fully saturated rings. The first-order valence-electron chi connectivity index (χ1n) is 7.12. The van der Waals surface area contributed by atoms with Crippen molar-refractivity contribution < 1.29 is 9.53 Å². The van der Waals surface area contributed by atoms with Crippen molar-refractivity contribution in [1.82, 2.24) is 0 Å². The van der Waals surface area contributed by atoms with E-state index >= 15 is 0 Å². The van der Waals surface area contributed by atoms with Gasteiger partial charge in [0.25, 0.3) is 0 Å². The van der Waals surface area contributed by atoms with E-state index in [-0.39, 0.29) is 5.97 Å². The average Bonchev–Trinajstić information content (AvgIpc) is 2.25. The molecule has 0 aliphatic rings. The summed E-state index contributed by atoms with van der Waals surface area (Å²) in [7, 11) is 0. The van der Waals surface area contributed by atoms with Crippen LogP contribution in [0.25, 0.3) is 6.08 Å². The summed E-state index contributed by atoms with van der Waals surface area (Å²) in [4.78, 5) is 25.9. The fourth-order valence-corrected chi connectivity index (χ4v) is 55.6. The molecule has 0 saturated carbocycles. The second-order valence-corrected chi connectivity index (χ2v) is 40.6. The van der Waals surface area contributed by atoms with Crippen molar-refractivity contribution >= 4 is 60.4 Å². The van der Waals surface area contributed by atoms with Gasteiger partial charge < -0.3 is 0 Å². The standard InChI is InChI=1S/C10H7ClO2.6CH3.2Sn/c1-3-8-6-9(11)4-5-10(8)13-7(2)12;;;;;;;;/h3-6H,2H3;6*1H3;;. The molecular formula is C16H25ClO2Sn2. The van der Waals surface area contributed by atoms with Crippen molar-refractivity contribution in [3.63, 3.8) is 0 Å². The number of carbonyl (C=O) groups excluding carboxylic acids is 1. The normalized spacial score (nSPS) is 12.0. The van der Waals surface area contributed by atoms with E-state index in [9.17, 15) is 4.79 Å². The Bertz CT molecular complexity index is 551. The third-order valence-electron chi connectivity index (χ3n) is 3.14. The van der Waals surface area contributed by atoms with Gasteiger partial charge in [-0.15, -0.1) is 0 Å². The molecule has 1 rings (SSSR count). The van der Waals surface area contributed by atoms with Crippen molar-refractivity contribution in [2.75, 3.05) is 0 Å². The van der Waals surface area contributed by atoms with Crippen LogP contribution in [0.5, 0.6) is 5.75 Å². The monoisotopic (exact) mass is 524 g/mol. The zero-order valence-electron chi connectivity index (χ0n) is 14.0. The van der Waals surface area contributed by atoms with E-state index in [1.54, 1.807) is 13.7 Å². The van der Waals surface area contributed by atoms with Gasteiger partial charge >= 0.3 is 143 Å². The fraction of sp³-hybridized carbons (Fsp3) is 0.438. The zero-order chi connectivity index (χ0) is 16.4. The number of rotatable bonds is 4. The number of carbonyl (C=O) groups is 1. The molecule has 0 aliphatic heterocycles. The molecule has 0 saturated heterocycles. The molecule has 0 N–H and O–H groups in total. The van der Waals surface area contributed by atoms with E-state index in [1.807, 2.05) is 6.07 Å². The van der Waals surface area contributed by atoms with E-state index in [2.05, 4.69) is 35.7 Å². The van der Waals surface area contributed by atoms with Gasteiger partial charge in [-0.1, -0.05) is 0 Å². The Morgan fingerprint density at radius 2 is 1.62 bits per heavy atom. The van der Waals surface area contributed by atoms with Crippen LogP contribution < -0.4 is 4.74 Å². The fourth-order valence-electron chi connectivity index (χ4n) is 2.59. The molecule has 0 aliphatic carbocycles. The molecule has 0 radical (unpaired) electrons. The number of halogens is 1. The van der Waals surface area contributed by atoms with Gasteiger partial charge in [0.1, 0.15) is 0 Å². The Balaban J connectivity index is 3.46. The SMILES string of the molecule is CC(=O)Oc1ccc(Cl)cc1C=[C]([Sn]([CH3])([CH3])[CH3])[Sn]([CH3])([CH3])[CH3]. The van der Waals surface area contributed by atoms with E-state index in [0.717, 1.165) is 5.56 Å². The summed E-state index contributed by atoms with van der Waals surface area (Å²) in [5.74, 6) is 0.308. The van der Waals surface area contributed by atoms with Gasteiger partial charge in [0.05, 0.1) is 0 Å². The van der Waals surface area contributed by atoms with Gasteiger partial charge in [-0.05, 0) is 0 Å². The van der Waals surface area contributed by atoms with Crippen LogP contribution in [0.2, 0.25) is 34.7 Å². The Kier molecular flexibility index (Phi) is 6.69. The van der Waals surface area contributed by atoms with E-state index < -0.39 is 36.8 Å².